The Hall–Kier alpha value is -2.97. The number of pyridine rings is 1. The third-order valence-corrected chi connectivity index (χ3v) is 6.58. The lowest BCUT2D eigenvalue weighted by Gasteiger charge is -2.32. The Morgan fingerprint density at radius 1 is 1.28 bits per heavy atom. The fourth-order valence-electron chi connectivity index (χ4n) is 3.49. The molecule has 7 nitrogen and oxygen atoms in total. The van der Waals surface area contributed by atoms with E-state index in [1.54, 1.807) is 31.5 Å². The zero-order valence-corrected chi connectivity index (χ0v) is 16.7. The van der Waals surface area contributed by atoms with Crippen LogP contribution >= 0.6 is 23.4 Å². The molecule has 1 saturated heterocycles. The second-order valence-electron chi connectivity index (χ2n) is 6.56. The van der Waals surface area contributed by atoms with E-state index < -0.39 is 17.3 Å². The summed E-state index contributed by atoms with van der Waals surface area (Å²) in [6, 6.07) is 6.11. The van der Waals surface area contributed by atoms with Crippen LogP contribution in [0.5, 0.6) is 5.75 Å². The number of imide groups is 1. The zero-order chi connectivity index (χ0) is 20.1. The average Bonchev–Trinajstić information content (AvgIpc) is 3.36. The van der Waals surface area contributed by atoms with Crippen LogP contribution in [0.25, 0.3) is 15.9 Å². The van der Waals surface area contributed by atoms with Gasteiger partial charge in [0.05, 0.1) is 25.6 Å². The highest BCUT2D eigenvalue weighted by molar-refractivity contribution is 8.09. The van der Waals surface area contributed by atoms with E-state index in [2.05, 4.69) is 10.3 Å². The number of rotatable bonds is 3. The van der Waals surface area contributed by atoms with Gasteiger partial charge in [0.15, 0.2) is 5.58 Å². The lowest BCUT2D eigenvalue weighted by atomic mass is 10.1. The van der Waals surface area contributed by atoms with Gasteiger partial charge in [-0.2, -0.15) is 0 Å². The Bertz CT molecular complexity index is 1190. The summed E-state index contributed by atoms with van der Waals surface area (Å²) in [6.07, 6.45) is 6.43. The molecule has 29 heavy (non-hydrogen) atoms. The number of urea groups is 1. The van der Waals surface area contributed by atoms with E-state index in [0.29, 0.717) is 27.4 Å². The normalized spacial score (nSPS) is 21.2. The molecule has 0 aliphatic carbocycles. The number of carbonyl (C=O) groups excluding carboxylic acids is 2. The van der Waals surface area contributed by atoms with Gasteiger partial charge in [-0.1, -0.05) is 11.6 Å². The summed E-state index contributed by atoms with van der Waals surface area (Å²) < 4.78 is 10.8. The average molecular weight is 428 g/mol. The third kappa shape index (κ3) is 2.87. The van der Waals surface area contributed by atoms with Crippen molar-refractivity contribution in [2.45, 2.75) is 11.3 Å². The number of carbonyl (C=O) groups is 2. The van der Waals surface area contributed by atoms with Crippen molar-refractivity contribution in [3.8, 4) is 5.75 Å². The molecule has 0 saturated carbocycles. The Kier molecular flexibility index (Phi) is 4.25. The monoisotopic (exact) mass is 427 g/mol. The van der Waals surface area contributed by atoms with Crippen LogP contribution in [-0.4, -0.2) is 35.3 Å². The summed E-state index contributed by atoms with van der Waals surface area (Å²) >= 11 is 7.72. The molecule has 0 bridgehead atoms. The molecule has 1 N–H and O–H groups in total. The van der Waals surface area contributed by atoms with Gasteiger partial charge in [0.25, 0.3) is 5.91 Å². The van der Waals surface area contributed by atoms with Gasteiger partial charge in [-0.05, 0) is 30.3 Å². The Labute approximate surface area is 174 Å². The Balaban J connectivity index is 1.50. The Morgan fingerprint density at radius 3 is 2.97 bits per heavy atom. The second-order valence-corrected chi connectivity index (χ2v) is 8.15. The number of furan rings is 1. The Morgan fingerprint density at radius 2 is 2.14 bits per heavy atom. The van der Waals surface area contributed by atoms with Crippen LogP contribution in [-0.2, 0) is 4.79 Å². The summed E-state index contributed by atoms with van der Waals surface area (Å²) in [5, 5.41) is 3.63. The number of ether oxygens (including phenoxy) is 1. The molecule has 3 aromatic rings. The van der Waals surface area contributed by atoms with E-state index in [0.717, 1.165) is 15.4 Å². The van der Waals surface area contributed by atoms with Crippen LogP contribution < -0.4 is 15.0 Å². The zero-order valence-electron chi connectivity index (χ0n) is 15.1. The van der Waals surface area contributed by atoms with Crippen LogP contribution in [0.3, 0.4) is 0 Å². The topological polar surface area (TPSA) is 84.7 Å². The quantitative estimate of drug-likeness (QED) is 0.678. The van der Waals surface area contributed by atoms with Crippen LogP contribution in [0.4, 0.5) is 10.5 Å². The molecule has 2 aliphatic rings. The molecule has 0 radical (unpaired) electrons. The second kappa shape index (κ2) is 6.82. The number of fused-ring (bicyclic) bond motifs is 2. The smallest absolute Gasteiger partial charge is 0.329 e. The van der Waals surface area contributed by atoms with Crippen molar-refractivity contribution in [3.05, 3.63) is 59.6 Å². The SMILES string of the molecule is COc1ccc(Cl)c(C2=CC3NC(=O)N(c4cncc5ccoc45)C(=O)C3S2)c1. The molecular formula is C20H14ClN3O4S. The molecule has 146 valence electrons. The minimum absolute atomic E-state index is 0.321. The summed E-state index contributed by atoms with van der Waals surface area (Å²) in [4.78, 5) is 32.0. The first-order valence-electron chi connectivity index (χ1n) is 8.75. The first-order valence-corrected chi connectivity index (χ1v) is 10.0. The maximum atomic E-state index is 13.3. The van der Waals surface area contributed by atoms with E-state index in [1.165, 1.54) is 24.2 Å². The van der Waals surface area contributed by atoms with Gasteiger partial charge in [0.2, 0.25) is 0 Å². The van der Waals surface area contributed by atoms with E-state index in [1.807, 2.05) is 12.1 Å². The minimum Gasteiger partial charge on any atom is -0.497 e. The van der Waals surface area contributed by atoms with Gasteiger partial charge < -0.3 is 14.5 Å². The van der Waals surface area contributed by atoms with Crippen LogP contribution in [0.15, 0.2) is 53.4 Å². The van der Waals surface area contributed by atoms with E-state index in [-0.39, 0.29) is 5.91 Å². The number of benzene rings is 1. The molecule has 1 fully saturated rings. The summed E-state index contributed by atoms with van der Waals surface area (Å²) in [6.45, 7) is 0. The highest BCUT2D eigenvalue weighted by Gasteiger charge is 2.46. The molecule has 3 amide bonds. The fraction of sp³-hybridized carbons (Fsp3) is 0.150. The van der Waals surface area contributed by atoms with Gasteiger partial charge in [0.1, 0.15) is 16.7 Å². The summed E-state index contributed by atoms with van der Waals surface area (Å²) in [5.74, 6) is 0.327. The van der Waals surface area contributed by atoms with Crippen LogP contribution in [0, 0.1) is 0 Å². The number of amides is 3. The maximum Gasteiger partial charge on any atom is 0.329 e. The van der Waals surface area contributed by atoms with Crippen molar-refractivity contribution in [2.75, 3.05) is 12.0 Å². The number of aromatic nitrogens is 1. The van der Waals surface area contributed by atoms with Crippen LogP contribution in [0.2, 0.25) is 5.02 Å². The van der Waals surface area contributed by atoms with E-state index in [4.69, 9.17) is 20.8 Å². The van der Waals surface area contributed by atoms with Crippen molar-refractivity contribution < 1.29 is 18.7 Å². The first kappa shape index (κ1) is 18.1. The molecule has 9 heteroatoms. The van der Waals surface area contributed by atoms with Gasteiger partial charge in [-0.3, -0.25) is 9.78 Å². The van der Waals surface area contributed by atoms with Crippen molar-refractivity contribution in [2.24, 2.45) is 0 Å². The van der Waals surface area contributed by atoms with Crippen molar-refractivity contribution in [1.82, 2.24) is 10.3 Å². The molecule has 2 unspecified atom stereocenters. The molecule has 4 heterocycles. The largest absolute Gasteiger partial charge is 0.497 e. The van der Waals surface area contributed by atoms with Gasteiger partial charge in [-0.15, -0.1) is 11.8 Å². The summed E-state index contributed by atoms with van der Waals surface area (Å²) in [7, 11) is 1.58. The standard InChI is InChI=1S/C20H14ClN3O4S/c1-27-11-2-3-13(21)12(6-11)16-7-14-18(29-16)19(25)24(20(26)23-14)15-9-22-8-10-4-5-28-17(10)15/h2-9,14,18H,1H3,(H,23,26). The summed E-state index contributed by atoms with van der Waals surface area (Å²) in [5.41, 5.74) is 1.52. The molecule has 2 aliphatic heterocycles. The van der Waals surface area contributed by atoms with Gasteiger partial charge in [0, 0.05) is 27.1 Å². The number of nitrogens with zero attached hydrogens (tertiary/aromatic N) is 2. The number of methoxy groups -OCH3 is 1. The van der Waals surface area contributed by atoms with Crippen LogP contribution in [0.1, 0.15) is 5.56 Å². The van der Waals surface area contributed by atoms with Gasteiger partial charge >= 0.3 is 6.03 Å². The molecule has 2 atom stereocenters. The lowest BCUT2D eigenvalue weighted by molar-refractivity contribution is -0.118. The van der Waals surface area contributed by atoms with Gasteiger partial charge in [-0.25, -0.2) is 9.69 Å². The van der Waals surface area contributed by atoms with Crippen molar-refractivity contribution >= 4 is 56.9 Å². The van der Waals surface area contributed by atoms with E-state index >= 15 is 0 Å². The predicted octanol–water partition coefficient (Wildman–Crippen LogP) is 4.07. The highest BCUT2D eigenvalue weighted by atomic mass is 35.5. The third-order valence-electron chi connectivity index (χ3n) is 4.89. The number of nitrogens with one attached hydrogen (secondary N) is 1. The number of anilines is 1. The number of halogens is 1. The van der Waals surface area contributed by atoms with E-state index in [9.17, 15) is 9.59 Å². The number of thioether (sulfide) groups is 1. The molecule has 0 spiro atoms. The predicted molar refractivity (Wildman–Crippen MR) is 111 cm³/mol. The fourth-order valence-corrected chi connectivity index (χ4v) is 5.06. The number of hydrogen-bond acceptors (Lipinski definition) is 6. The minimum atomic E-state index is -0.518. The van der Waals surface area contributed by atoms with Crippen molar-refractivity contribution in [3.63, 3.8) is 0 Å². The lowest BCUT2D eigenvalue weighted by Crippen LogP contribution is -2.60. The molecule has 2 aromatic heterocycles. The maximum absolute atomic E-state index is 13.3. The first-order chi connectivity index (χ1) is 14.1. The van der Waals surface area contributed by atoms with Crippen molar-refractivity contribution in [1.29, 1.82) is 0 Å². The molecule has 5 rings (SSSR count). The highest BCUT2D eigenvalue weighted by Crippen LogP contribution is 2.45. The number of hydrogen-bond donors (Lipinski definition) is 1. The molecular weight excluding hydrogens is 414 g/mol. The molecule has 1 aromatic carbocycles.